The van der Waals surface area contributed by atoms with Gasteiger partial charge in [-0.15, -0.1) is 0 Å². The van der Waals surface area contributed by atoms with Crippen molar-refractivity contribution in [2.24, 2.45) is 0 Å². The summed E-state index contributed by atoms with van der Waals surface area (Å²) in [5.41, 5.74) is 1.67. The van der Waals surface area contributed by atoms with Gasteiger partial charge in [0.1, 0.15) is 0 Å². The lowest BCUT2D eigenvalue weighted by Crippen LogP contribution is -2.11. The second-order valence-corrected chi connectivity index (χ2v) is 3.48. The number of nitrogens with one attached hydrogen (secondary N) is 2. The van der Waals surface area contributed by atoms with Crippen molar-refractivity contribution < 1.29 is 19.8 Å². The lowest BCUT2D eigenvalue weighted by molar-refractivity contribution is 0.208. The number of carbonyl (C=O) groups is 2. The van der Waals surface area contributed by atoms with Gasteiger partial charge in [-0.05, 0) is 30.2 Å². The number of anilines is 2. The standard InChI is InChI=1S/C11H14N2O4/c1-2-3-7-6-8(12-10(14)15)4-5-9(7)13-11(16)17/h4-6,12-13H,2-3H2,1H3,(H,14,15)(H,16,17). The molecular formula is C11H14N2O4. The first-order chi connectivity index (χ1) is 8.02. The molecule has 0 unspecified atom stereocenters. The largest absolute Gasteiger partial charge is 0.465 e. The normalized spacial score (nSPS) is 9.71. The molecule has 4 N–H and O–H groups in total. The molecule has 0 saturated carbocycles. The van der Waals surface area contributed by atoms with E-state index >= 15 is 0 Å². The molecule has 1 rings (SSSR count). The van der Waals surface area contributed by atoms with E-state index in [1.807, 2.05) is 6.92 Å². The smallest absolute Gasteiger partial charge is 0.409 e. The van der Waals surface area contributed by atoms with Crippen molar-refractivity contribution >= 4 is 23.6 Å². The maximum absolute atomic E-state index is 10.6. The molecule has 0 aromatic heterocycles. The fraction of sp³-hybridized carbons (Fsp3) is 0.273. The summed E-state index contributed by atoms with van der Waals surface area (Å²) in [6, 6.07) is 4.69. The number of rotatable bonds is 4. The molecule has 92 valence electrons. The van der Waals surface area contributed by atoms with Crippen LogP contribution in [-0.4, -0.2) is 22.4 Å². The highest BCUT2D eigenvalue weighted by molar-refractivity contribution is 5.87. The Kier molecular flexibility index (Phi) is 4.33. The molecule has 0 fully saturated rings. The van der Waals surface area contributed by atoms with Crippen LogP contribution in [0, 0.1) is 0 Å². The first kappa shape index (κ1) is 12.8. The Bertz CT molecular complexity index is 431. The predicted molar refractivity (Wildman–Crippen MR) is 63.7 cm³/mol. The second kappa shape index (κ2) is 5.74. The monoisotopic (exact) mass is 238 g/mol. The molecule has 0 aliphatic heterocycles. The molecule has 1 aromatic rings. The molecule has 6 nitrogen and oxygen atoms in total. The molecule has 0 aliphatic carbocycles. The first-order valence-electron chi connectivity index (χ1n) is 5.15. The van der Waals surface area contributed by atoms with E-state index in [4.69, 9.17) is 10.2 Å². The summed E-state index contributed by atoms with van der Waals surface area (Å²) in [5.74, 6) is 0. The van der Waals surface area contributed by atoms with E-state index in [1.165, 1.54) is 6.07 Å². The van der Waals surface area contributed by atoms with E-state index in [-0.39, 0.29) is 0 Å². The summed E-state index contributed by atoms with van der Waals surface area (Å²) in [6.45, 7) is 1.96. The van der Waals surface area contributed by atoms with Crippen molar-refractivity contribution in [1.29, 1.82) is 0 Å². The molecule has 0 saturated heterocycles. The van der Waals surface area contributed by atoms with Gasteiger partial charge in [0.25, 0.3) is 0 Å². The summed E-state index contributed by atoms with van der Waals surface area (Å²) < 4.78 is 0. The van der Waals surface area contributed by atoms with Gasteiger partial charge in [-0.1, -0.05) is 13.3 Å². The van der Waals surface area contributed by atoms with Crippen LogP contribution >= 0.6 is 0 Å². The highest BCUT2D eigenvalue weighted by Gasteiger charge is 2.07. The molecule has 0 radical (unpaired) electrons. The maximum Gasteiger partial charge on any atom is 0.409 e. The molecule has 1 aromatic carbocycles. The summed E-state index contributed by atoms with van der Waals surface area (Å²) in [4.78, 5) is 21.0. The van der Waals surface area contributed by atoms with Crippen LogP contribution in [0.15, 0.2) is 18.2 Å². The van der Waals surface area contributed by atoms with E-state index < -0.39 is 12.2 Å². The molecule has 0 aliphatic rings. The number of aryl methyl sites for hydroxylation is 1. The van der Waals surface area contributed by atoms with Gasteiger partial charge in [-0.3, -0.25) is 10.6 Å². The Morgan fingerprint density at radius 1 is 1.18 bits per heavy atom. The Morgan fingerprint density at radius 2 is 1.82 bits per heavy atom. The van der Waals surface area contributed by atoms with E-state index in [0.717, 1.165) is 12.0 Å². The van der Waals surface area contributed by atoms with Crippen molar-refractivity contribution in [2.75, 3.05) is 10.6 Å². The van der Waals surface area contributed by atoms with Gasteiger partial charge in [-0.25, -0.2) is 9.59 Å². The minimum atomic E-state index is -1.15. The lowest BCUT2D eigenvalue weighted by Gasteiger charge is -2.10. The van der Waals surface area contributed by atoms with E-state index in [0.29, 0.717) is 17.8 Å². The predicted octanol–water partition coefficient (Wildman–Crippen LogP) is 2.82. The average Bonchev–Trinajstić information content (AvgIpc) is 2.21. The van der Waals surface area contributed by atoms with Gasteiger partial charge in [0.15, 0.2) is 0 Å². The average molecular weight is 238 g/mol. The van der Waals surface area contributed by atoms with Gasteiger partial charge in [0.05, 0.1) is 0 Å². The summed E-state index contributed by atoms with van der Waals surface area (Å²) in [7, 11) is 0. The van der Waals surface area contributed by atoms with Crippen LogP contribution in [0.5, 0.6) is 0 Å². The topological polar surface area (TPSA) is 98.7 Å². The zero-order valence-electron chi connectivity index (χ0n) is 9.36. The fourth-order valence-corrected chi connectivity index (χ4v) is 1.51. The molecular weight excluding hydrogens is 224 g/mol. The van der Waals surface area contributed by atoms with Crippen LogP contribution in [-0.2, 0) is 6.42 Å². The Morgan fingerprint density at radius 3 is 2.35 bits per heavy atom. The van der Waals surface area contributed by atoms with Crippen LogP contribution in [0.25, 0.3) is 0 Å². The summed E-state index contributed by atoms with van der Waals surface area (Å²) in [5, 5.41) is 21.7. The quantitative estimate of drug-likeness (QED) is 0.648. The Labute approximate surface area is 98.3 Å². The minimum absolute atomic E-state index is 0.428. The third-order valence-electron chi connectivity index (χ3n) is 2.12. The molecule has 0 bridgehead atoms. The number of benzene rings is 1. The van der Waals surface area contributed by atoms with Crippen LogP contribution in [0.1, 0.15) is 18.9 Å². The zero-order chi connectivity index (χ0) is 12.8. The number of hydrogen-bond donors (Lipinski definition) is 4. The highest BCUT2D eigenvalue weighted by atomic mass is 16.4. The van der Waals surface area contributed by atoms with Gasteiger partial charge in [0.2, 0.25) is 0 Å². The summed E-state index contributed by atoms with van der Waals surface area (Å²) >= 11 is 0. The van der Waals surface area contributed by atoms with Gasteiger partial charge < -0.3 is 10.2 Å². The first-order valence-corrected chi connectivity index (χ1v) is 5.15. The van der Waals surface area contributed by atoms with E-state index in [2.05, 4.69) is 10.6 Å². The number of amides is 2. The number of hydrogen-bond acceptors (Lipinski definition) is 2. The Balaban J connectivity index is 2.98. The molecule has 17 heavy (non-hydrogen) atoms. The van der Waals surface area contributed by atoms with Gasteiger partial charge >= 0.3 is 12.2 Å². The van der Waals surface area contributed by atoms with Crippen LogP contribution in [0.2, 0.25) is 0 Å². The minimum Gasteiger partial charge on any atom is -0.465 e. The lowest BCUT2D eigenvalue weighted by atomic mass is 10.1. The van der Waals surface area contributed by atoms with Crippen molar-refractivity contribution in [3.8, 4) is 0 Å². The third-order valence-corrected chi connectivity index (χ3v) is 2.12. The van der Waals surface area contributed by atoms with E-state index in [9.17, 15) is 9.59 Å². The van der Waals surface area contributed by atoms with Crippen LogP contribution < -0.4 is 10.6 Å². The van der Waals surface area contributed by atoms with E-state index in [1.54, 1.807) is 12.1 Å². The summed E-state index contributed by atoms with van der Waals surface area (Å²) in [6.07, 6.45) is -0.775. The SMILES string of the molecule is CCCc1cc(NC(=O)O)ccc1NC(=O)O. The maximum atomic E-state index is 10.6. The van der Waals surface area contributed by atoms with Crippen molar-refractivity contribution in [2.45, 2.75) is 19.8 Å². The van der Waals surface area contributed by atoms with Crippen LogP contribution in [0.3, 0.4) is 0 Å². The highest BCUT2D eigenvalue weighted by Crippen LogP contribution is 2.22. The van der Waals surface area contributed by atoms with Crippen LogP contribution in [0.4, 0.5) is 21.0 Å². The van der Waals surface area contributed by atoms with Gasteiger partial charge in [-0.2, -0.15) is 0 Å². The molecule has 0 heterocycles. The molecule has 0 spiro atoms. The molecule has 2 amide bonds. The second-order valence-electron chi connectivity index (χ2n) is 3.48. The Hall–Kier alpha value is -2.24. The molecule has 6 heteroatoms. The van der Waals surface area contributed by atoms with Crippen molar-refractivity contribution in [3.63, 3.8) is 0 Å². The fourth-order valence-electron chi connectivity index (χ4n) is 1.51. The third kappa shape index (κ3) is 4.02. The van der Waals surface area contributed by atoms with Crippen molar-refractivity contribution in [3.05, 3.63) is 23.8 Å². The van der Waals surface area contributed by atoms with Crippen molar-refractivity contribution in [1.82, 2.24) is 0 Å². The molecule has 0 atom stereocenters. The van der Waals surface area contributed by atoms with Gasteiger partial charge in [0, 0.05) is 11.4 Å². The zero-order valence-corrected chi connectivity index (χ0v) is 9.36. The number of carboxylic acid groups (broad SMARTS) is 2.